The summed E-state index contributed by atoms with van der Waals surface area (Å²) in [5, 5.41) is 12.9. The fourth-order valence-electron chi connectivity index (χ4n) is 2.76. The Bertz CT molecular complexity index is 572. The first-order valence-corrected chi connectivity index (χ1v) is 6.34. The van der Waals surface area contributed by atoms with Crippen molar-refractivity contribution in [3.05, 3.63) is 29.7 Å². The van der Waals surface area contributed by atoms with Gasteiger partial charge in [0.2, 0.25) is 0 Å². The second-order valence-electron chi connectivity index (χ2n) is 5.20. The molecule has 4 heteroatoms. The van der Waals surface area contributed by atoms with Crippen LogP contribution in [0, 0.1) is 12.3 Å². The van der Waals surface area contributed by atoms with E-state index >= 15 is 0 Å². The maximum Gasteiger partial charge on any atom is 0.192 e. The monoisotopic (exact) mass is 246 g/mol. The molecule has 1 aliphatic carbocycles. The van der Waals surface area contributed by atoms with E-state index in [1.807, 2.05) is 26.1 Å². The normalized spacial score (nSPS) is 19.1. The predicted octanol–water partition coefficient (Wildman–Crippen LogP) is 2.17. The van der Waals surface area contributed by atoms with E-state index in [0.29, 0.717) is 5.89 Å². The van der Waals surface area contributed by atoms with Crippen molar-refractivity contribution in [1.29, 1.82) is 0 Å². The zero-order valence-corrected chi connectivity index (χ0v) is 10.7. The van der Waals surface area contributed by atoms with E-state index < -0.39 is 0 Å². The van der Waals surface area contributed by atoms with Crippen LogP contribution in [0.5, 0.6) is 0 Å². The molecule has 1 atom stereocenters. The van der Waals surface area contributed by atoms with E-state index in [2.05, 4.69) is 16.4 Å². The Morgan fingerprint density at radius 3 is 2.89 bits per heavy atom. The van der Waals surface area contributed by atoms with Crippen molar-refractivity contribution < 1.29 is 9.52 Å². The number of aliphatic hydroxyl groups excluding tert-OH is 1. The highest BCUT2D eigenvalue weighted by Gasteiger charge is 2.48. The van der Waals surface area contributed by atoms with Crippen molar-refractivity contribution in [3.8, 4) is 0 Å². The first-order valence-electron chi connectivity index (χ1n) is 6.34. The molecule has 1 heterocycles. The molecule has 1 aromatic carbocycles. The average molecular weight is 246 g/mol. The predicted molar refractivity (Wildman–Crippen MR) is 69.3 cm³/mol. The number of aryl methyl sites for hydroxylation is 1. The number of nitrogens with zero attached hydrogens (tertiary/aromatic N) is 1. The van der Waals surface area contributed by atoms with Crippen LogP contribution in [0.1, 0.15) is 30.3 Å². The SMILES string of the molecule is CNC(c1ccc2nc(C)oc2c1)C1(CO)CC1. The highest BCUT2D eigenvalue weighted by atomic mass is 16.3. The summed E-state index contributed by atoms with van der Waals surface area (Å²) in [4.78, 5) is 4.30. The minimum absolute atomic E-state index is 0.0114. The largest absolute Gasteiger partial charge is 0.441 e. The van der Waals surface area contributed by atoms with E-state index in [4.69, 9.17) is 4.42 Å². The Morgan fingerprint density at radius 2 is 2.28 bits per heavy atom. The maximum atomic E-state index is 9.56. The summed E-state index contributed by atoms with van der Waals surface area (Å²) >= 11 is 0. The first kappa shape index (κ1) is 11.7. The Labute approximate surface area is 106 Å². The summed E-state index contributed by atoms with van der Waals surface area (Å²) < 4.78 is 5.57. The van der Waals surface area contributed by atoms with Gasteiger partial charge in [0.1, 0.15) is 5.52 Å². The van der Waals surface area contributed by atoms with E-state index in [-0.39, 0.29) is 18.1 Å². The van der Waals surface area contributed by atoms with Gasteiger partial charge in [0, 0.05) is 18.4 Å². The molecule has 0 radical (unpaired) electrons. The Kier molecular flexibility index (Phi) is 2.64. The highest BCUT2D eigenvalue weighted by molar-refractivity contribution is 5.73. The lowest BCUT2D eigenvalue weighted by molar-refractivity contribution is 0.175. The summed E-state index contributed by atoms with van der Waals surface area (Å²) in [5.41, 5.74) is 2.88. The molecular weight excluding hydrogens is 228 g/mol. The van der Waals surface area contributed by atoms with Crippen molar-refractivity contribution in [2.24, 2.45) is 5.41 Å². The van der Waals surface area contributed by atoms with Gasteiger partial charge in [-0.25, -0.2) is 4.98 Å². The summed E-state index contributed by atoms with van der Waals surface area (Å²) in [5.74, 6) is 0.687. The van der Waals surface area contributed by atoms with Crippen molar-refractivity contribution in [1.82, 2.24) is 10.3 Å². The molecule has 1 aromatic heterocycles. The third kappa shape index (κ3) is 1.72. The van der Waals surface area contributed by atoms with E-state index in [1.165, 1.54) is 0 Å². The zero-order chi connectivity index (χ0) is 12.8. The Balaban J connectivity index is 2.01. The Hall–Kier alpha value is -1.39. The van der Waals surface area contributed by atoms with Crippen molar-refractivity contribution >= 4 is 11.1 Å². The van der Waals surface area contributed by atoms with Gasteiger partial charge in [0.25, 0.3) is 0 Å². The molecule has 3 rings (SSSR count). The minimum Gasteiger partial charge on any atom is -0.441 e. The van der Waals surface area contributed by atoms with Gasteiger partial charge < -0.3 is 14.8 Å². The average Bonchev–Trinajstić information content (AvgIpc) is 3.05. The second-order valence-corrected chi connectivity index (χ2v) is 5.20. The smallest absolute Gasteiger partial charge is 0.192 e. The fraction of sp³-hybridized carbons (Fsp3) is 0.500. The lowest BCUT2D eigenvalue weighted by Gasteiger charge is -2.25. The molecule has 0 spiro atoms. The number of aromatic nitrogens is 1. The number of rotatable bonds is 4. The van der Waals surface area contributed by atoms with Crippen molar-refractivity contribution in [3.63, 3.8) is 0 Å². The fourth-order valence-corrected chi connectivity index (χ4v) is 2.76. The topological polar surface area (TPSA) is 58.3 Å². The van der Waals surface area contributed by atoms with Gasteiger partial charge in [-0.3, -0.25) is 0 Å². The van der Waals surface area contributed by atoms with E-state index in [0.717, 1.165) is 29.5 Å². The number of benzene rings is 1. The van der Waals surface area contributed by atoms with Gasteiger partial charge in [-0.15, -0.1) is 0 Å². The van der Waals surface area contributed by atoms with Crippen LogP contribution in [-0.4, -0.2) is 23.7 Å². The molecule has 18 heavy (non-hydrogen) atoms. The number of hydrogen-bond acceptors (Lipinski definition) is 4. The van der Waals surface area contributed by atoms with E-state index in [1.54, 1.807) is 0 Å². The Morgan fingerprint density at radius 1 is 1.50 bits per heavy atom. The van der Waals surface area contributed by atoms with Crippen LogP contribution >= 0.6 is 0 Å². The molecule has 0 saturated heterocycles. The minimum atomic E-state index is 0.0114. The summed E-state index contributed by atoms with van der Waals surface area (Å²) in [6.07, 6.45) is 2.14. The number of nitrogens with one attached hydrogen (secondary N) is 1. The number of aliphatic hydroxyl groups is 1. The molecular formula is C14H18N2O2. The molecule has 1 fully saturated rings. The molecule has 0 aliphatic heterocycles. The molecule has 4 nitrogen and oxygen atoms in total. The van der Waals surface area contributed by atoms with Gasteiger partial charge in [-0.05, 0) is 37.6 Å². The summed E-state index contributed by atoms with van der Waals surface area (Å²) in [6.45, 7) is 2.08. The third-order valence-electron chi connectivity index (χ3n) is 3.96. The standard InChI is InChI=1S/C14H18N2O2/c1-9-16-11-4-3-10(7-12(11)18-9)13(15-2)14(8-17)5-6-14/h3-4,7,13,15,17H,5-6,8H2,1-2H3. The molecule has 0 amide bonds. The molecule has 96 valence electrons. The van der Waals surface area contributed by atoms with Crippen LogP contribution in [0.2, 0.25) is 0 Å². The van der Waals surface area contributed by atoms with Crippen LogP contribution in [0.15, 0.2) is 22.6 Å². The van der Waals surface area contributed by atoms with Gasteiger partial charge in [0.05, 0.1) is 6.61 Å². The van der Waals surface area contributed by atoms with Crippen LogP contribution in [0.4, 0.5) is 0 Å². The van der Waals surface area contributed by atoms with Crippen LogP contribution < -0.4 is 5.32 Å². The van der Waals surface area contributed by atoms with E-state index in [9.17, 15) is 5.11 Å². The number of oxazole rings is 1. The van der Waals surface area contributed by atoms with Gasteiger partial charge in [0.15, 0.2) is 11.5 Å². The maximum absolute atomic E-state index is 9.56. The second kappa shape index (κ2) is 4.07. The molecule has 1 saturated carbocycles. The van der Waals surface area contributed by atoms with Gasteiger partial charge in [-0.2, -0.15) is 0 Å². The number of hydrogen-bond donors (Lipinski definition) is 2. The van der Waals surface area contributed by atoms with Crippen molar-refractivity contribution in [2.75, 3.05) is 13.7 Å². The highest BCUT2D eigenvalue weighted by Crippen LogP contribution is 2.54. The van der Waals surface area contributed by atoms with Gasteiger partial charge >= 0.3 is 0 Å². The summed E-state index contributed by atoms with van der Waals surface area (Å²) in [7, 11) is 1.94. The lowest BCUT2D eigenvalue weighted by atomic mass is 9.90. The van der Waals surface area contributed by atoms with Crippen molar-refractivity contribution in [2.45, 2.75) is 25.8 Å². The van der Waals surface area contributed by atoms with Crippen LogP contribution in [0.25, 0.3) is 11.1 Å². The molecule has 2 N–H and O–H groups in total. The number of fused-ring (bicyclic) bond motifs is 1. The summed E-state index contributed by atoms with van der Waals surface area (Å²) in [6, 6.07) is 6.27. The molecule has 0 bridgehead atoms. The first-order chi connectivity index (χ1) is 8.68. The van der Waals surface area contributed by atoms with Crippen LogP contribution in [-0.2, 0) is 0 Å². The molecule has 1 unspecified atom stereocenters. The molecule has 1 aliphatic rings. The molecule has 2 aromatic rings. The zero-order valence-electron chi connectivity index (χ0n) is 10.7. The quantitative estimate of drug-likeness (QED) is 0.868. The van der Waals surface area contributed by atoms with Gasteiger partial charge in [-0.1, -0.05) is 6.07 Å². The third-order valence-corrected chi connectivity index (χ3v) is 3.96. The lowest BCUT2D eigenvalue weighted by Crippen LogP contribution is -2.29. The van der Waals surface area contributed by atoms with Crippen LogP contribution in [0.3, 0.4) is 0 Å².